The van der Waals surface area contributed by atoms with Gasteiger partial charge in [0.25, 0.3) is 0 Å². The van der Waals surface area contributed by atoms with E-state index in [1.54, 1.807) is 0 Å². The number of anilines is 1. The van der Waals surface area contributed by atoms with Crippen molar-refractivity contribution < 1.29 is 38.9 Å². The third-order valence-corrected chi connectivity index (χ3v) is 3.42. The van der Waals surface area contributed by atoms with Crippen LogP contribution >= 0.6 is 7.82 Å². The van der Waals surface area contributed by atoms with E-state index in [0.29, 0.717) is 0 Å². The number of rotatable bonds is 4. The van der Waals surface area contributed by atoms with Crippen LogP contribution in [0.5, 0.6) is 0 Å². The van der Waals surface area contributed by atoms with Crippen molar-refractivity contribution in [3.05, 3.63) is 22.7 Å². The van der Waals surface area contributed by atoms with Crippen LogP contribution in [0.4, 0.5) is 5.82 Å². The summed E-state index contributed by atoms with van der Waals surface area (Å²) in [5, 5.41) is 29.2. The third-order valence-electron chi connectivity index (χ3n) is 2.93. The Morgan fingerprint density at radius 3 is 2.59 bits per heavy atom. The summed E-state index contributed by atoms with van der Waals surface area (Å²) in [4.78, 5) is 32.3. The normalized spacial score (nSPS) is 30.4. The quantitative estimate of drug-likeness (QED) is 0.239. The molecule has 12 nitrogen and oxygen atoms in total. The molecule has 1 aliphatic heterocycles. The van der Waals surface area contributed by atoms with Gasteiger partial charge < -0.3 is 35.6 Å². The maximum absolute atomic E-state index is 11.7. The highest BCUT2D eigenvalue weighted by Crippen LogP contribution is 2.40. The number of nitrogens with two attached hydrogens (primary N) is 1. The lowest BCUT2D eigenvalue weighted by Crippen LogP contribution is -2.39. The molecule has 13 heteroatoms. The summed E-state index contributed by atoms with van der Waals surface area (Å²) >= 11 is 0. The average Bonchev–Trinajstić information content (AvgIpc) is 2.65. The van der Waals surface area contributed by atoms with Crippen LogP contribution in [-0.4, -0.2) is 59.3 Å². The van der Waals surface area contributed by atoms with Crippen LogP contribution in [0.3, 0.4) is 0 Å². The van der Waals surface area contributed by atoms with Gasteiger partial charge in [0.2, 0.25) is 0 Å². The topological polar surface area (TPSA) is 198 Å². The highest BCUT2D eigenvalue weighted by Gasteiger charge is 2.49. The second kappa shape index (κ2) is 6.02. The van der Waals surface area contributed by atoms with Crippen molar-refractivity contribution in [3.63, 3.8) is 0 Å². The van der Waals surface area contributed by atoms with E-state index in [0.717, 1.165) is 10.8 Å². The Labute approximate surface area is 122 Å². The predicted molar refractivity (Wildman–Crippen MR) is 68.0 cm³/mol. The van der Waals surface area contributed by atoms with Gasteiger partial charge in [0.1, 0.15) is 24.1 Å². The first-order valence-electron chi connectivity index (χ1n) is 5.88. The highest BCUT2D eigenvalue weighted by atomic mass is 31.2. The van der Waals surface area contributed by atoms with E-state index in [2.05, 4.69) is 9.51 Å². The van der Waals surface area contributed by atoms with Crippen LogP contribution < -0.4 is 11.4 Å². The molecule has 2 heterocycles. The van der Waals surface area contributed by atoms with Gasteiger partial charge in [0.15, 0.2) is 12.5 Å². The molecule has 0 radical (unpaired) electrons. The van der Waals surface area contributed by atoms with E-state index in [4.69, 9.17) is 20.3 Å². The van der Waals surface area contributed by atoms with Gasteiger partial charge in [0, 0.05) is 6.20 Å². The van der Waals surface area contributed by atoms with Crippen LogP contribution in [0.1, 0.15) is 6.23 Å². The number of nitrogens with zero attached hydrogens (tertiary/aromatic N) is 2. The Balaban J connectivity index is 2.23. The lowest BCUT2D eigenvalue weighted by Gasteiger charge is -2.21. The summed E-state index contributed by atoms with van der Waals surface area (Å²) < 4.78 is 20.5. The Morgan fingerprint density at radius 2 is 2.05 bits per heavy atom. The summed E-state index contributed by atoms with van der Waals surface area (Å²) in [6.07, 6.45) is -7.68. The van der Waals surface area contributed by atoms with Gasteiger partial charge in [-0.25, -0.2) is 9.36 Å². The lowest BCUT2D eigenvalue weighted by atomic mass is 10.1. The SMILES string of the molecule is Nc1ccn([C@@H]2O[C@H](C(O)OP(=O)(O)O)[C@@H](O)[C@H]2O)c(=O)n1. The molecule has 2 rings (SSSR count). The predicted octanol–water partition coefficient (Wildman–Crippen LogP) is -3.13. The average molecular weight is 339 g/mol. The number of hydrogen-bond acceptors (Lipinski definition) is 9. The molecule has 0 spiro atoms. The Bertz CT molecular complexity index is 645. The molecule has 0 amide bonds. The zero-order valence-corrected chi connectivity index (χ0v) is 11.7. The number of phosphoric ester groups is 1. The second-order valence-corrected chi connectivity index (χ2v) is 5.69. The maximum atomic E-state index is 11.7. The number of nitrogen functional groups attached to an aromatic ring is 1. The van der Waals surface area contributed by atoms with Gasteiger partial charge in [-0.3, -0.25) is 9.09 Å². The summed E-state index contributed by atoms with van der Waals surface area (Å²) in [6.45, 7) is 0. The van der Waals surface area contributed by atoms with Crippen molar-refractivity contribution in [1.29, 1.82) is 0 Å². The molecule has 1 aromatic heterocycles. The summed E-state index contributed by atoms with van der Waals surface area (Å²) in [7, 11) is -5.05. The number of aliphatic hydroxyl groups is 3. The molecule has 5 atom stereocenters. The van der Waals surface area contributed by atoms with Crippen molar-refractivity contribution in [2.24, 2.45) is 0 Å². The second-order valence-electron chi connectivity index (χ2n) is 4.50. The molecule has 124 valence electrons. The van der Waals surface area contributed by atoms with E-state index >= 15 is 0 Å². The molecule has 7 N–H and O–H groups in total. The highest BCUT2D eigenvalue weighted by molar-refractivity contribution is 7.46. The van der Waals surface area contributed by atoms with Crippen LogP contribution in [0.2, 0.25) is 0 Å². The van der Waals surface area contributed by atoms with Gasteiger partial charge in [0.05, 0.1) is 0 Å². The van der Waals surface area contributed by atoms with Crippen molar-refractivity contribution in [2.45, 2.75) is 30.8 Å². The first-order valence-corrected chi connectivity index (χ1v) is 7.41. The lowest BCUT2D eigenvalue weighted by molar-refractivity contribution is -0.161. The molecular weight excluding hydrogens is 325 g/mol. The minimum Gasteiger partial charge on any atom is -0.387 e. The molecular formula is C9H14N3O9P. The molecule has 0 aliphatic carbocycles. The molecule has 1 saturated heterocycles. The smallest absolute Gasteiger partial charge is 0.387 e. The summed E-state index contributed by atoms with van der Waals surface area (Å²) in [6, 6.07) is 1.24. The Kier molecular flexibility index (Phi) is 4.65. The first-order chi connectivity index (χ1) is 10.1. The molecule has 1 aromatic rings. The number of ether oxygens (including phenoxy) is 1. The minimum absolute atomic E-state index is 0.0734. The molecule has 1 aliphatic rings. The summed E-state index contributed by atoms with van der Waals surface area (Å²) in [5.74, 6) is -0.0734. The van der Waals surface area contributed by atoms with Gasteiger partial charge in [-0.15, -0.1) is 0 Å². The molecule has 0 saturated carbocycles. The van der Waals surface area contributed by atoms with Gasteiger partial charge in [-0.1, -0.05) is 0 Å². The van der Waals surface area contributed by atoms with Gasteiger partial charge >= 0.3 is 13.5 Å². The van der Waals surface area contributed by atoms with E-state index in [-0.39, 0.29) is 5.82 Å². The fourth-order valence-electron chi connectivity index (χ4n) is 1.97. The molecule has 1 unspecified atom stereocenters. The van der Waals surface area contributed by atoms with Crippen LogP contribution in [0.25, 0.3) is 0 Å². The Morgan fingerprint density at radius 1 is 1.41 bits per heavy atom. The van der Waals surface area contributed by atoms with Gasteiger partial charge in [-0.05, 0) is 6.07 Å². The number of aliphatic hydroxyl groups excluding tert-OH is 3. The monoisotopic (exact) mass is 339 g/mol. The molecule has 0 aromatic carbocycles. The fraction of sp³-hybridized carbons (Fsp3) is 0.556. The minimum atomic E-state index is -5.05. The van der Waals surface area contributed by atoms with E-state index in [1.165, 1.54) is 6.07 Å². The van der Waals surface area contributed by atoms with E-state index in [9.17, 15) is 24.7 Å². The largest absolute Gasteiger partial charge is 0.472 e. The summed E-state index contributed by atoms with van der Waals surface area (Å²) in [5.41, 5.74) is 4.42. The zero-order valence-electron chi connectivity index (χ0n) is 10.8. The van der Waals surface area contributed by atoms with Crippen molar-refractivity contribution in [1.82, 2.24) is 9.55 Å². The van der Waals surface area contributed by atoms with E-state index in [1.807, 2.05) is 0 Å². The number of hydrogen-bond donors (Lipinski definition) is 6. The van der Waals surface area contributed by atoms with Gasteiger partial charge in [-0.2, -0.15) is 4.98 Å². The van der Waals surface area contributed by atoms with Crippen molar-refractivity contribution >= 4 is 13.6 Å². The van der Waals surface area contributed by atoms with E-state index < -0.39 is 44.3 Å². The third kappa shape index (κ3) is 3.51. The standard InChI is InChI=1S/C9H14N3O9P/c10-3-1-2-12(9(16)11-3)7-5(14)4(13)6(20-7)8(15)21-22(17,18)19/h1-2,4-8,13-15H,(H2,10,11,16)(H2,17,18,19)/t4-,5+,6-,7+,8?/m0/s1. The van der Waals surface area contributed by atoms with Crippen molar-refractivity contribution in [3.8, 4) is 0 Å². The van der Waals surface area contributed by atoms with Crippen LogP contribution in [0.15, 0.2) is 17.1 Å². The molecule has 1 fully saturated rings. The first kappa shape index (κ1) is 17.0. The Hall–Kier alpha value is -1.37. The van der Waals surface area contributed by atoms with Crippen molar-refractivity contribution in [2.75, 3.05) is 5.73 Å². The van der Waals surface area contributed by atoms with Crippen LogP contribution in [0, 0.1) is 0 Å². The molecule has 22 heavy (non-hydrogen) atoms. The number of phosphoric acid groups is 1. The molecule has 0 bridgehead atoms. The zero-order chi connectivity index (χ0) is 16.7. The van der Waals surface area contributed by atoms with Crippen LogP contribution in [-0.2, 0) is 13.8 Å². The maximum Gasteiger partial charge on any atom is 0.472 e. The fourth-order valence-corrected chi connectivity index (χ4v) is 2.37. The number of aromatic nitrogens is 2.